The Kier molecular flexibility index (Phi) is 7.74. The Bertz CT molecular complexity index is 811. The second-order valence-corrected chi connectivity index (χ2v) is 5.98. The molecule has 28 heavy (non-hydrogen) atoms. The van der Waals surface area contributed by atoms with E-state index in [2.05, 4.69) is 5.32 Å². The fourth-order valence-electron chi connectivity index (χ4n) is 2.44. The van der Waals surface area contributed by atoms with Crippen LogP contribution in [0.15, 0.2) is 42.5 Å². The lowest BCUT2D eigenvalue weighted by molar-refractivity contribution is -0.141. The van der Waals surface area contributed by atoms with Gasteiger partial charge in [0.15, 0.2) is 18.2 Å². The van der Waals surface area contributed by atoms with Crippen LogP contribution in [0, 0.1) is 17.6 Å². The van der Waals surface area contributed by atoms with Gasteiger partial charge in [0.1, 0.15) is 11.6 Å². The van der Waals surface area contributed by atoms with Gasteiger partial charge in [0.05, 0.1) is 12.5 Å². The van der Waals surface area contributed by atoms with E-state index in [1.54, 1.807) is 24.3 Å². The summed E-state index contributed by atoms with van der Waals surface area (Å²) in [6.07, 6.45) is 0.218. The number of carbonyl (C=O) groups is 2. The number of ether oxygens (including phenoxy) is 2. The minimum atomic E-state index is -1.06. The van der Waals surface area contributed by atoms with Gasteiger partial charge in [-0.05, 0) is 43.2 Å². The van der Waals surface area contributed by atoms with E-state index in [9.17, 15) is 23.5 Å². The van der Waals surface area contributed by atoms with Gasteiger partial charge in [0.2, 0.25) is 0 Å². The maximum absolute atomic E-state index is 13.5. The number of carboxylic acids is 1. The molecule has 1 atom stereocenters. The first-order chi connectivity index (χ1) is 13.4. The van der Waals surface area contributed by atoms with Crippen molar-refractivity contribution in [3.63, 3.8) is 0 Å². The van der Waals surface area contributed by atoms with Crippen LogP contribution in [0.1, 0.15) is 12.5 Å². The van der Waals surface area contributed by atoms with Gasteiger partial charge in [0, 0.05) is 12.6 Å². The lowest BCUT2D eigenvalue weighted by atomic mass is 9.99. The van der Waals surface area contributed by atoms with Crippen molar-refractivity contribution in [2.75, 3.05) is 19.8 Å². The number of carbonyl (C=O) groups excluding carboxylic acids is 1. The smallest absolute Gasteiger partial charge is 0.308 e. The second-order valence-electron chi connectivity index (χ2n) is 5.98. The molecule has 0 aromatic heterocycles. The lowest BCUT2D eigenvalue weighted by Gasteiger charge is -2.14. The van der Waals surface area contributed by atoms with Crippen molar-refractivity contribution in [1.82, 2.24) is 5.32 Å². The number of aliphatic carboxylic acids is 1. The molecule has 0 radical (unpaired) electrons. The Labute approximate surface area is 161 Å². The molecular formula is C20H21F2NO5. The topological polar surface area (TPSA) is 84.9 Å². The van der Waals surface area contributed by atoms with Crippen LogP contribution in [0.3, 0.4) is 0 Å². The Hall–Kier alpha value is -3.16. The summed E-state index contributed by atoms with van der Waals surface area (Å²) in [5.74, 6) is -3.76. The van der Waals surface area contributed by atoms with Crippen LogP contribution in [0.4, 0.5) is 8.78 Å². The summed E-state index contributed by atoms with van der Waals surface area (Å²) >= 11 is 0. The Morgan fingerprint density at radius 2 is 1.82 bits per heavy atom. The van der Waals surface area contributed by atoms with Crippen LogP contribution >= 0.6 is 0 Å². The number of carboxylic acid groups (broad SMARTS) is 1. The normalized spacial score (nSPS) is 11.5. The van der Waals surface area contributed by atoms with Crippen LogP contribution in [0.25, 0.3) is 0 Å². The van der Waals surface area contributed by atoms with Crippen molar-refractivity contribution in [2.45, 2.75) is 13.3 Å². The molecule has 0 aliphatic carbocycles. The molecule has 2 rings (SSSR count). The van der Waals surface area contributed by atoms with E-state index in [0.717, 1.165) is 17.7 Å². The number of benzene rings is 2. The summed E-state index contributed by atoms with van der Waals surface area (Å²) in [7, 11) is 0. The zero-order valence-electron chi connectivity index (χ0n) is 15.3. The van der Waals surface area contributed by atoms with Gasteiger partial charge < -0.3 is 19.9 Å². The molecule has 0 spiro atoms. The first-order valence-corrected chi connectivity index (χ1v) is 8.68. The molecular weight excluding hydrogens is 372 g/mol. The molecule has 1 unspecified atom stereocenters. The SMILES string of the molecule is CCOc1ccc(CC(CNC(=O)COc2ccc(F)cc2F)C(=O)O)cc1. The molecule has 0 bridgehead atoms. The summed E-state index contributed by atoms with van der Waals surface area (Å²) in [4.78, 5) is 23.3. The van der Waals surface area contributed by atoms with Crippen molar-refractivity contribution < 1.29 is 33.0 Å². The number of hydrogen-bond acceptors (Lipinski definition) is 4. The van der Waals surface area contributed by atoms with E-state index in [1.165, 1.54) is 0 Å². The van der Waals surface area contributed by atoms with Crippen molar-refractivity contribution in [3.05, 3.63) is 59.7 Å². The molecule has 2 aromatic carbocycles. The van der Waals surface area contributed by atoms with Gasteiger partial charge >= 0.3 is 5.97 Å². The highest BCUT2D eigenvalue weighted by Crippen LogP contribution is 2.17. The average molecular weight is 393 g/mol. The molecule has 0 fully saturated rings. The highest BCUT2D eigenvalue weighted by Gasteiger charge is 2.19. The van der Waals surface area contributed by atoms with Gasteiger partial charge in [-0.2, -0.15) is 0 Å². The van der Waals surface area contributed by atoms with E-state index < -0.39 is 36.0 Å². The van der Waals surface area contributed by atoms with Crippen LogP contribution in [-0.4, -0.2) is 36.7 Å². The average Bonchev–Trinajstić information content (AvgIpc) is 2.65. The first kappa shape index (κ1) is 21.1. The van der Waals surface area contributed by atoms with Gasteiger partial charge in [-0.1, -0.05) is 12.1 Å². The van der Waals surface area contributed by atoms with E-state index >= 15 is 0 Å². The van der Waals surface area contributed by atoms with E-state index in [4.69, 9.17) is 9.47 Å². The summed E-state index contributed by atoms with van der Waals surface area (Å²) in [5, 5.41) is 11.8. The van der Waals surface area contributed by atoms with Gasteiger partial charge in [-0.3, -0.25) is 9.59 Å². The maximum atomic E-state index is 13.5. The van der Waals surface area contributed by atoms with Crippen LogP contribution in [0.5, 0.6) is 11.5 Å². The monoisotopic (exact) mass is 393 g/mol. The van der Waals surface area contributed by atoms with Crippen LogP contribution in [0.2, 0.25) is 0 Å². The highest BCUT2D eigenvalue weighted by molar-refractivity contribution is 5.78. The first-order valence-electron chi connectivity index (χ1n) is 8.68. The number of amides is 1. The summed E-state index contributed by atoms with van der Waals surface area (Å²) < 4.78 is 36.6. The quantitative estimate of drug-likeness (QED) is 0.649. The van der Waals surface area contributed by atoms with Crippen molar-refractivity contribution in [1.29, 1.82) is 0 Å². The predicted molar refractivity (Wildman–Crippen MR) is 97.3 cm³/mol. The molecule has 2 N–H and O–H groups in total. The summed E-state index contributed by atoms with van der Waals surface area (Å²) in [6.45, 7) is 1.77. The zero-order valence-corrected chi connectivity index (χ0v) is 15.3. The van der Waals surface area contributed by atoms with Crippen molar-refractivity contribution >= 4 is 11.9 Å². The third-order valence-corrected chi connectivity index (χ3v) is 3.86. The standard InChI is InChI=1S/C20H21F2NO5/c1-2-27-16-6-3-13(4-7-16)9-14(20(25)26)11-23-19(24)12-28-18-8-5-15(21)10-17(18)22/h3-8,10,14H,2,9,11-12H2,1H3,(H,23,24)(H,25,26). The lowest BCUT2D eigenvalue weighted by Crippen LogP contribution is -2.36. The minimum Gasteiger partial charge on any atom is -0.494 e. The Balaban J connectivity index is 1.84. The fourth-order valence-corrected chi connectivity index (χ4v) is 2.44. The highest BCUT2D eigenvalue weighted by atomic mass is 19.1. The van der Waals surface area contributed by atoms with Gasteiger partial charge in [-0.25, -0.2) is 8.78 Å². The van der Waals surface area contributed by atoms with Crippen LogP contribution < -0.4 is 14.8 Å². The third-order valence-electron chi connectivity index (χ3n) is 3.86. The molecule has 0 saturated heterocycles. The molecule has 8 heteroatoms. The Morgan fingerprint density at radius 3 is 2.43 bits per heavy atom. The van der Waals surface area contributed by atoms with E-state index in [0.29, 0.717) is 18.4 Å². The largest absolute Gasteiger partial charge is 0.494 e. The number of nitrogens with one attached hydrogen (secondary N) is 1. The minimum absolute atomic E-state index is 0.114. The molecule has 0 saturated carbocycles. The maximum Gasteiger partial charge on any atom is 0.308 e. The third kappa shape index (κ3) is 6.53. The van der Waals surface area contributed by atoms with Crippen molar-refractivity contribution in [2.24, 2.45) is 5.92 Å². The van der Waals surface area contributed by atoms with Gasteiger partial charge in [0.25, 0.3) is 5.91 Å². The van der Waals surface area contributed by atoms with Crippen LogP contribution in [-0.2, 0) is 16.0 Å². The van der Waals surface area contributed by atoms with E-state index in [1.807, 2.05) is 6.92 Å². The summed E-state index contributed by atoms with van der Waals surface area (Å²) in [5.41, 5.74) is 0.787. The summed E-state index contributed by atoms with van der Waals surface area (Å²) in [6, 6.07) is 9.76. The fraction of sp³-hybridized carbons (Fsp3) is 0.300. The number of halogens is 2. The molecule has 150 valence electrons. The molecule has 2 aromatic rings. The number of hydrogen-bond donors (Lipinski definition) is 2. The molecule has 1 amide bonds. The predicted octanol–water partition coefficient (Wildman–Crippen LogP) is 2.80. The molecule has 6 nitrogen and oxygen atoms in total. The Morgan fingerprint density at radius 1 is 1.11 bits per heavy atom. The van der Waals surface area contributed by atoms with Crippen molar-refractivity contribution in [3.8, 4) is 11.5 Å². The number of rotatable bonds is 10. The molecule has 0 heterocycles. The zero-order chi connectivity index (χ0) is 20.5. The van der Waals surface area contributed by atoms with Gasteiger partial charge in [-0.15, -0.1) is 0 Å². The molecule has 0 aliphatic rings. The second kappa shape index (κ2) is 10.2. The molecule has 0 aliphatic heterocycles. The van der Waals surface area contributed by atoms with E-state index in [-0.39, 0.29) is 18.7 Å².